The zero-order chi connectivity index (χ0) is 17.2. The minimum Gasteiger partial charge on any atom is -0.494 e. The molecule has 0 aliphatic carbocycles. The van der Waals surface area contributed by atoms with Crippen molar-refractivity contribution in [3.63, 3.8) is 0 Å². The van der Waals surface area contributed by atoms with Crippen molar-refractivity contribution in [2.24, 2.45) is 0 Å². The van der Waals surface area contributed by atoms with E-state index in [-0.39, 0.29) is 23.8 Å². The molecule has 4 rings (SSSR count). The third-order valence-electron chi connectivity index (χ3n) is 4.98. The van der Waals surface area contributed by atoms with Crippen LogP contribution in [0.25, 0.3) is 0 Å². The lowest BCUT2D eigenvalue weighted by molar-refractivity contribution is 0.0393. The molecule has 0 spiro atoms. The number of rotatable bonds is 4. The van der Waals surface area contributed by atoms with Gasteiger partial charge in [0.15, 0.2) is 5.75 Å². The molecular formula is C18H21N5O2. The van der Waals surface area contributed by atoms with Gasteiger partial charge in [-0.1, -0.05) is 6.07 Å². The van der Waals surface area contributed by atoms with Gasteiger partial charge >= 0.3 is 0 Å². The monoisotopic (exact) mass is 339 g/mol. The molecule has 7 heteroatoms. The van der Waals surface area contributed by atoms with Crippen LogP contribution in [0.4, 0.5) is 0 Å². The average molecular weight is 339 g/mol. The van der Waals surface area contributed by atoms with Crippen molar-refractivity contribution in [2.45, 2.75) is 31.5 Å². The number of methoxy groups -OCH3 is 1. The SMILES string of the molecule is COc1cnc(C(=O)N2C3CCC2CN(Cc2cccnc2)C3)nc1. The van der Waals surface area contributed by atoms with Crippen LogP contribution in [0.15, 0.2) is 36.9 Å². The van der Waals surface area contributed by atoms with E-state index in [2.05, 4.69) is 25.9 Å². The quantitative estimate of drug-likeness (QED) is 0.838. The number of ether oxygens (including phenoxy) is 1. The lowest BCUT2D eigenvalue weighted by Crippen LogP contribution is -2.55. The van der Waals surface area contributed by atoms with Crippen LogP contribution in [0.3, 0.4) is 0 Å². The van der Waals surface area contributed by atoms with Gasteiger partial charge in [-0.2, -0.15) is 0 Å². The third-order valence-corrected chi connectivity index (χ3v) is 4.98. The first-order valence-corrected chi connectivity index (χ1v) is 8.54. The predicted octanol–water partition coefficient (Wildman–Crippen LogP) is 1.37. The van der Waals surface area contributed by atoms with Crippen LogP contribution in [0.5, 0.6) is 5.75 Å². The smallest absolute Gasteiger partial charge is 0.292 e. The Balaban J connectivity index is 1.45. The normalized spacial score (nSPS) is 22.8. The topological polar surface area (TPSA) is 71.5 Å². The van der Waals surface area contributed by atoms with Crippen molar-refractivity contribution in [3.05, 3.63) is 48.3 Å². The summed E-state index contributed by atoms with van der Waals surface area (Å²) in [4.78, 5) is 29.8. The average Bonchev–Trinajstić information content (AvgIpc) is 2.92. The van der Waals surface area contributed by atoms with E-state index in [1.807, 2.05) is 17.2 Å². The summed E-state index contributed by atoms with van der Waals surface area (Å²) in [6.45, 7) is 2.64. The molecule has 2 aromatic heterocycles. The maximum Gasteiger partial charge on any atom is 0.292 e. The number of pyridine rings is 1. The van der Waals surface area contributed by atoms with Gasteiger partial charge in [0, 0.05) is 44.1 Å². The fraction of sp³-hybridized carbons (Fsp3) is 0.444. The van der Waals surface area contributed by atoms with Crippen molar-refractivity contribution >= 4 is 5.91 Å². The molecule has 1 amide bonds. The van der Waals surface area contributed by atoms with Gasteiger partial charge in [0.05, 0.1) is 19.5 Å². The largest absolute Gasteiger partial charge is 0.494 e. The molecule has 25 heavy (non-hydrogen) atoms. The highest BCUT2D eigenvalue weighted by Crippen LogP contribution is 2.31. The maximum atomic E-state index is 12.9. The van der Waals surface area contributed by atoms with Crippen LogP contribution in [0.1, 0.15) is 29.0 Å². The summed E-state index contributed by atoms with van der Waals surface area (Å²) in [5, 5.41) is 0. The zero-order valence-corrected chi connectivity index (χ0v) is 14.2. The first-order valence-electron chi connectivity index (χ1n) is 8.54. The number of piperazine rings is 1. The Morgan fingerprint density at radius 3 is 2.52 bits per heavy atom. The summed E-state index contributed by atoms with van der Waals surface area (Å²) < 4.78 is 5.06. The van der Waals surface area contributed by atoms with E-state index < -0.39 is 0 Å². The molecule has 0 N–H and O–H groups in total. The molecule has 2 saturated heterocycles. The molecule has 7 nitrogen and oxygen atoms in total. The van der Waals surface area contributed by atoms with E-state index in [4.69, 9.17) is 4.74 Å². The van der Waals surface area contributed by atoms with E-state index in [1.54, 1.807) is 25.7 Å². The Bertz CT molecular complexity index is 723. The van der Waals surface area contributed by atoms with Crippen molar-refractivity contribution in [1.82, 2.24) is 24.8 Å². The third kappa shape index (κ3) is 3.19. The number of likely N-dealkylation sites (tertiary alicyclic amines) is 1. The van der Waals surface area contributed by atoms with Crippen LogP contribution < -0.4 is 4.74 Å². The fourth-order valence-electron chi connectivity index (χ4n) is 3.85. The van der Waals surface area contributed by atoms with E-state index in [0.717, 1.165) is 32.5 Å². The van der Waals surface area contributed by atoms with Crippen molar-refractivity contribution in [2.75, 3.05) is 20.2 Å². The van der Waals surface area contributed by atoms with Crippen LogP contribution in [-0.4, -0.2) is 62.9 Å². The van der Waals surface area contributed by atoms with Crippen molar-refractivity contribution < 1.29 is 9.53 Å². The molecule has 0 saturated carbocycles. The van der Waals surface area contributed by atoms with Crippen molar-refractivity contribution in [3.8, 4) is 5.75 Å². The van der Waals surface area contributed by atoms with Gasteiger partial charge in [-0.15, -0.1) is 0 Å². The highest BCUT2D eigenvalue weighted by atomic mass is 16.5. The molecule has 2 aliphatic rings. The Morgan fingerprint density at radius 1 is 1.20 bits per heavy atom. The minimum atomic E-state index is -0.0730. The van der Waals surface area contributed by atoms with Crippen LogP contribution in [0, 0.1) is 0 Å². The molecular weight excluding hydrogens is 318 g/mol. The van der Waals surface area contributed by atoms with Gasteiger partial charge in [-0.05, 0) is 24.5 Å². The Morgan fingerprint density at radius 2 is 1.92 bits per heavy atom. The van der Waals surface area contributed by atoms with Gasteiger partial charge < -0.3 is 9.64 Å². The van der Waals surface area contributed by atoms with Gasteiger partial charge in [0.2, 0.25) is 5.82 Å². The molecule has 2 fully saturated rings. The predicted molar refractivity (Wildman–Crippen MR) is 91.1 cm³/mol. The van der Waals surface area contributed by atoms with E-state index in [0.29, 0.717) is 5.75 Å². The number of fused-ring (bicyclic) bond motifs is 2. The summed E-state index contributed by atoms with van der Waals surface area (Å²) in [5.74, 6) is 0.732. The molecule has 0 aromatic carbocycles. The van der Waals surface area contributed by atoms with Crippen LogP contribution in [0.2, 0.25) is 0 Å². The molecule has 4 heterocycles. The van der Waals surface area contributed by atoms with Crippen LogP contribution >= 0.6 is 0 Å². The Hall–Kier alpha value is -2.54. The van der Waals surface area contributed by atoms with Gasteiger partial charge in [0.1, 0.15) is 0 Å². The molecule has 2 aliphatic heterocycles. The fourth-order valence-corrected chi connectivity index (χ4v) is 3.85. The first kappa shape index (κ1) is 16.0. The molecule has 2 bridgehead atoms. The van der Waals surface area contributed by atoms with Gasteiger partial charge in [0.25, 0.3) is 5.91 Å². The van der Waals surface area contributed by atoms with E-state index in [9.17, 15) is 4.79 Å². The molecule has 2 unspecified atom stereocenters. The maximum absolute atomic E-state index is 12.9. The lowest BCUT2D eigenvalue weighted by atomic mass is 10.1. The second-order valence-electron chi connectivity index (χ2n) is 6.60. The second kappa shape index (κ2) is 6.76. The lowest BCUT2D eigenvalue weighted by Gasteiger charge is -2.40. The summed E-state index contributed by atoms with van der Waals surface area (Å²) in [5.41, 5.74) is 1.21. The molecule has 0 radical (unpaired) electrons. The highest BCUT2D eigenvalue weighted by Gasteiger charge is 2.43. The summed E-state index contributed by atoms with van der Waals surface area (Å²) in [6.07, 6.45) is 8.86. The van der Waals surface area contributed by atoms with E-state index >= 15 is 0 Å². The number of aromatic nitrogens is 3. The summed E-state index contributed by atoms with van der Waals surface area (Å²) in [7, 11) is 1.56. The van der Waals surface area contributed by atoms with Gasteiger partial charge in [-0.25, -0.2) is 9.97 Å². The first-order chi connectivity index (χ1) is 12.2. The summed E-state index contributed by atoms with van der Waals surface area (Å²) in [6, 6.07) is 4.52. The second-order valence-corrected chi connectivity index (χ2v) is 6.60. The number of amides is 1. The standard InChI is InChI=1S/C18H21N5O2/c1-25-16-8-20-17(21-9-16)18(24)23-14-4-5-15(23)12-22(11-14)10-13-3-2-6-19-7-13/h2-3,6-9,14-15H,4-5,10-12H2,1H3. The van der Waals surface area contributed by atoms with Crippen LogP contribution in [-0.2, 0) is 6.54 Å². The number of hydrogen-bond acceptors (Lipinski definition) is 6. The highest BCUT2D eigenvalue weighted by molar-refractivity contribution is 5.91. The van der Waals surface area contributed by atoms with E-state index in [1.165, 1.54) is 5.56 Å². The minimum absolute atomic E-state index is 0.0730. The number of nitrogens with zero attached hydrogens (tertiary/aromatic N) is 5. The molecule has 2 atom stereocenters. The zero-order valence-electron chi connectivity index (χ0n) is 14.2. The molecule has 130 valence electrons. The number of hydrogen-bond donors (Lipinski definition) is 0. The number of carbonyl (C=O) groups excluding carboxylic acids is 1. The number of carbonyl (C=O) groups is 1. The Kier molecular flexibility index (Phi) is 4.31. The van der Waals surface area contributed by atoms with Crippen molar-refractivity contribution in [1.29, 1.82) is 0 Å². The van der Waals surface area contributed by atoms with Gasteiger partial charge in [-0.3, -0.25) is 14.7 Å². The molecule has 2 aromatic rings. The summed E-state index contributed by atoms with van der Waals surface area (Å²) >= 11 is 0. The Labute approximate surface area is 146 Å².